The molecule has 0 heterocycles. The third kappa shape index (κ3) is 5.87. The molecule has 2 aromatic carbocycles. The zero-order valence-electron chi connectivity index (χ0n) is 13.2. The predicted octanol–water partition coefficient (Wildman–Crippen LogP) is 3.16. The minimum atomic E-state index is -2.52. The third-order valence-corrected chi connectivity index (χ3v) is 3.44. The number of aryl methyl sites for hydroxylation is 1. The Morgan fingerprint density at radius 2 is 1.96 bits per heavy atom. The topological polar surface area (TPSA) is 64.4 Å². The summed E-state index contributed by atoms with van der Waals surface area (Å²) in [6.07, 6.45) is -1.62. The van der Waals surface area contributed by atoms with Crippen LogP contribution in [0.2, 0.25) is 0 Å². The van der Waals surface area contributed by atoms with Crippen molar-refractivity contribution in [2.24, 2.45) is 0 Å². The van der Waals surface area contributed by atoms with Gasteiger partial charge in [-0.1, -0.05) is 30.3 Å². The summed E-state index contributed by atoms with van der Waals surface area (Å²) in [4.78, 5) is 11.9. The molecule has 1 amide bonds. The second kappa shape index (κ2) is 8.86. The van der Waals surface area contributed by atoms with Crippen molar-refractivity contribution in [3.05, 3.63) is 59.7 Å². The summed E-state index contributed by atoms with van der Waals surface area (Å²) in [5, 5.41) is 2.80. The van der Waals surface area contributed by atoms with Crippen LogP contribution in [0.25, 0.3) is 0 Å². The Morgan fingerprint density at radius 1 is 1.17 bits per heavy atom. The first kappa shape index (κ1) is 17.7. The zero-order valence-corrected chi connectivity index (χ0v) is 13.2. The number of benzene rings is 2. The van der Waals surface area contributed by atoms with Gasteiger partial charge in [0.25, 0.3) is 6.43 Å². The molecule has 0 aliphatic rings. The van der Waals surface area contributed by atoms with E-state index in [0.717, 1.165) is 11.1 Å². The second-order valence-electron chi connectivity index (χ2n) is 5.33. The average Bonchev–Trinajstić information content (AvgIpc) is 2.58. The molecule has 0 bridgehead atoms. The molecule has 0 fully saturated rings. The number of hydrogen-bond donors (Lipinski definition) is 2. The molecule has 0 unspecified atom stereocenters. The number of carbonyl (C=O) groups is 1. The van der Waals surface area contributed by atoms with Gasteiger partial charge in [-0.15, -0.1) is 0 Å². The van der Waals surface area contributed by atoms with Crippen molar-refractivity contribution < 1.29 is 18.3 Å². The Hall–Kier alpha value is -2.63. The van der Waals surface area contributed by atoms with Crippen LogP contribution in [0.4, 0.5) is 14.5 Å². The van der Waals surface area contributed by atoms with E-state index >= 15 is 0 Å². The van der Waals surface area contributed by atoms with Gasteiger partial charge in [0, 0.05) is 18.7 Å². The van der Waals surface area contributed by atoms with Crippen LogP contribution < -0.4 is 15.8 Å². The highest BCUT2D eigenvalue weighted by Crippen LogP contribution is 2.15. The van der Waals surface area contributed by atoms with E-state index in [1.807, 2.05) is 18.2 Å². The van der Waals surface area contributed by atoms with Gasteiger partial charge in [0.2, 0.25) is 5.91 Å². The van der Waals surface area contributed by atoms with Crippen molar-refractivity contribution in [3.8, 4) is 5.75 Å². The molecule has 128 valence electrons. The summed E-state index contributed by atoms with van der Waals surface area (Å²) in [7, 11) is 0. The van der Waals surface area contributed by atoms with Crippen molar-refractivity contribution in [1.82, 2.24) is 5.32 Å². The molecule has 0 atom stereocenters. The van der Waals surface area contributed by atoms with Crippen LogP contribution in [0.3, 0.4) is 0 Å². The molecule has 0 aliphatic carbocycles. The fourth-order valence-electron chi connectivity index (χ4n) is 2.20. The molecular weight excluding hydrogens is 314 g/mol. The molecule has 0 aliphatic heterocycles. The number of nitrogens with two attached hydrogens (primary N) is 1. The number of nitrogen functional groups attached to an aromatic ring is 1. The molecule has 6 heteroatoms. The SMILES string of the molecule is Nc1ccccc1CCC(=O)NCc1cccc(OCC(F)F)c1. The second-order valence-corrected chi connectivity index (χ2v) is 5.33. The molecular formula is C18H20F2N2O2. The summed E-state index contributed by atoms with van der Waals surface area (Å²) < 4.78 is 29.2. The fourth-order valence-corrected chi connectivity index (χ4v) is 2.20. The normalized spacial score (nSPS) is 10.6. The maximum atomic E-state index is 12.1. The van der Waals surface area contributed by atoms with Gasteiger partial charge in [-0.2, -0.15) is 0 Å². The minimum absolute atomic E-state index is 0.0999. The van der Waals surface area contributed by atoms with Gasteiger partial charge in [-0.25, -0.2) is 8.78 Å². The first-order chi connectivity index (χ1) is 11.5. The molecule has 0 saturated heterocycles. The van der Waals surface area contributed by atoms with Gasteiger partial charge >= 0.3 is 0 Å². The van der Waals surface area contributed by atoms with Crippen LogP contribution >= 0.6 is 0 Å². The lowest BCUT2D eigenvalue weighted by Gasteiger charge is -2.09. The molecule has 0 radical (unpaired) electrons. The average molecular weight is 334 g/mol. The van der Waals surface area contributed by atoms with Crippen LogP contribution in [-0.4, -0.2) is 18.9 Å². The van der Waals surface area contributed by atoms with E-state index in [-0.39, 0.29) is 5.91 Å². The molecule has 2 rings (SSSR count). The number of alkyl halides is 2. The van der Waals surface area contributed by atoms with Crippen molar-refractivity contribution in [1.29, 1.82) is 0 Å². The number of nitrogens with one attached hydrogen (secondary N) is 1. The van der Waals surface area contributed by atoms with Gasteiger partial charge in [-0.05, 0) is 35.7 Å². The number of ether oxygens (including phenoxy) is 1. The fraction of sp³-hybridized carbons (Fsp3) is 0.278. The maximum absolute atomic E-state index is 12.1. The molecule has 3 N–H and O–H groups in total. The number of carbonyl (C=O) groups excluding carboxylic acids is 1. The van der Waals surface area contributed by atoms with Crippen LogP contribution in [0.5, 0.6) is 5.75 Å². The lowest BCUT2D eigenvalue weighted by molar-refractivity contribution is -0.121. The van der Waals surface area contributed by atoms with Crippen molar-refractivity contribution in [2.45, 2.75) is 25.8 Å². The molecule has 24 heavy (non-hydrogen) atoms. The Morgan fingerprint density at radius 3 is 2.71 bits per heavy atom. The number of anilines is 1. The molecule has 0 spiro atoms. The minimum Gasteiger partial charge on any atom is -0.488 e. The first-order valence-electron chi connectivity index (χ1n) is 7.64. The van der Waals surface area contributed by atoms with Crippen molar-refractivity contribution >= 4 is 11.6 Å². The number of para-hydroxylation sites is 1. The number of hydrogen-bond acceptors (Lipinski definition) is 3. The first-order valence-corrected chi connectivity index (χ1v) is 7.64. The Kier molecular flexibility index (Phi) is 6.54. The quantitative estimate of drug-likeness (QED) is 0.729. The zero-order chi connectivity index (χ0) is 17.4. The van der Waals surface area contributed by atoms with Gasteiger partial charge < -0.3 is 15.8 Å². The van der Waals surface area contributed by atoms with Gasteiger partial charge in [0.1, 0.15) is 12.4 Å². The van der Waals surface area contributed by atoms with E-state index in [0.29, 0.717) is 30.8 Å². The van der Waals surface area contributed by atoms with Crippen molar-refractivity contribution in [3.63, 3.8) is 0 Å². The Balaban J connectivity index is 1.79. The van der Waals surface area contributed by atoms with Crippen LogP contribution in [-0.2, 0) is 17.8 Å². The number of halogens is 2. The van der Waals surface area contributed by atoms with Crippen LogP contribution in [0.1, 0.15) is 17.5 Å². The summed E-state index contributed by atoms with van der Waals surface area (Å²) in [5.41, 5.74) is 8.24. The standard InChI is InChI=1S/C18H20F2N2O2/c19-17(20)12-24-15-6-3-4-13(10-15)11-22-18(23)9-8-14-5-1-2-7-16(14)21/h1-7,10,17H,8-9,11-12,21H2,(H,22,23). The van der Waals surface area contributed by atoms with Gasteiger partial charge in [0.15, 0.2) is 0 Å². The van der Waals surface area contributed by atoms with E-state index in [4.69, 9.17) is 10.5 Å². The summed E-state index contributed by atoms with van der Waals surface area (Å²) in [6, 6.07) is 14.2. The van der Waals surface area contributed by atoms with Gasteiger partial charge in [0.05, 0.1) is 0 Å². The lowest BCUT2D eigenvalue weighted by Crippen LogP contribution is -2.23. The van der Waals surface area contributed by atoms with E-state index < -0.39 is 13.0 Å². The third-order valence-electron chi connectivity index (χ3n) is 3.44. The highest BCUT2D eigenvalue weighted by atomic mass is 19.3. The van der Waals surface area contributed by atoms with E-state index in [1.165, 1.54) is 0 Å². The van der Waals surface area contributed by atoms with Gasteiger partial charge in [-0.3, -0.25) is 4.79 Å². The van der Waals surface area contributed by atoms with Crippen molar-refractivity contribution in [2.75, 3.05) is 12.3 Å². The monoisotopic (exact) mass is 334 g/mol. The highest BCUT2D eigenvalue weighted by Gasteiger charge is 2.06. The molecule has 2 aromatic rings. The lowest BCUT2D eigenvalue weighted by atomic mass is 10.1. The summed E-state index contributed by atoms with van der Waals surface area (Å²) in [5.74, 6) is 0.260. The summed E-state index contributed by atoms with van der Waals surface area (Å²) in [6.45, 7) is -0.330. The van der Waals surface area contributed by atoms with Crippen LogP contribution in [0.15, 0.2) is 48.5 Å². The highest BCUT2D eigenvalue weighted by molar-refractivity contribution is 5.76. The number of rotatable bonds is 8. The van der Waals surface area contributed by atoms with Crippen LogP contribution in [0, 0.1) is 0 Å². The molecule has 4 nitrogen and oxygen atoms in total. The van der Waals surface area contributed by atoms with E-state index in [9.17, 15) is 13.6 Å². The predicted molar refractivity (Wildman–Crippen MR) is 89.0 cm³/mol. The smallest absolute Gasteiger partial charge is 0.272 e. The Bertz CT molecular complexity index is 678. The maximum Gasteiger partial charge on any atom is 0.272 e. The molecule has 0 saturated carbocycles. The Labute approximate surface area is 139 Å². The molecule has 0 aromatic heterocycles. The van der Waals surface area contributed by atoms with E-state index in [1.54, 1.807) is 30.3 Å². The van der Waals surface area contributed by atoms with E-state index in [2.05, 4.69) is 5.32 Å². The summed E-state index contributed by atoms with van der Waals surface area (Å²) >= 11 is 0. The number of amides is 1. The largest absolute Gasteiger partial charge is 0.488 e.